The zero-order chi connectivity index (χ0) is 19.3. The Morgan fingerprint density at radius 1 is 1.44 bits per heavy atom. The van der Waals surface area contributed by atoms with Gasteiger partial charge in [-0.25, -0.2) is 4.39 Å². The van der Waals surface area contributed by atoms with E-state index in [2.05, 4.69) is 15.6 Å². The zero-order valence-corrected chi connectivity index (χ0v) is 15.3. The van der Waals surface area contributed by atoms with Crippen LogP contribution in [0.3, 0.4) is 0 Å². The quantitative estimate of drug-likeness (QED) is 0.654. The first-order valence-electron chi connectivity index (χ1n) is 8.91. The predicted octanol–water partition coefficient (Wildman–Crippen LogP) is 0.569. The molecule has 1 fully saturated rings. The number of amides is 1. The van der Waals surface area contributed by atoms with Gasteiger partial charge in [0.25, 0.3) is 5.91 Å². The molecule has 3 rings (SSSR count). The van der Waals surface area contributed by atoms with Crippen molar-refractivity contribution < 1.29 is 19.0 Å². The van der Waals surface area contributed by atoms with Crippen molar-refractivity contribution in [1.82, 2.24) is 25.2 Å². The molecule has 0 spiro atoms. The largest absolute Gasteiger partial charge is 0.497 e. The van der Waals surface area contributed by atoms with Crippen LogP contribution in [-0.4, -0.2) is 63.3 Å². The van der Waals surface area contributed by atoms with Gasteiger partial charge >= 0.3 is 0 Å². The van der Waals surface area contributed by atoms with Crippen LogP contribution in [0.1, 0.15) is 18.4 Å². The molecule has 0 aliphatic carbocycles. The molecule has 1 aromatic carbocycles. The number of ether oxygens (including phenoxy) is 1. The van der Waals surface area contributed by atoms with Crippen molar-refractivity contribution in [2.24, 2.45) is 0 Å². The van der Waals surface area contributed by atoms with Crippen LogP contribution in [0.5, 0.6) is 5.75 Å². The summed E-state index contributed by atoms with van der Waals surface area (Å²) in [4.78, 5) is 14.3. The molecule has 1 aliphatic rings. The van der Waals surface area contributed by atoms with E-state index in [1.165, 1.54) is 24.1 Å². The number of nitrogens with zero attached hydrogens (tertiary/aromatic N) is 4. The Kier molecular flexibility index (Phi) is 6.02. The standard InChI is InChI=1S/C18H24FN5O3/c1-27-15-3-4-16(19)14(11-15)12-23-8-2-5-18(26,17(23)25)13-20-6-9-24-10-7-21-22-24/h3-4,7,10-11,20,26H,2,5-6,8-9,12-13H2,1H3. The fraction of sp³-hybridized carbons (Fsp3) is 0.500. The van der Waals surface area contributed by atoms with E-state index in [1.54, 1.807) is 23.1 Å². The third-order valence-electron chi connectivity index (χ3n) is 4.72. The lowest BCUT2D eigenvalue weighted by atomic mass is 9.91. The van der Waals surface area contributed by atoms with E-state index in [0.717, 1.165) is 0 Å². The summed E-state index contributed by atoms with van der Waals surface area (Å²) >= 11 is 0. The second-order valence-corrected chi connectivity index (χ2v) is 6.66. The fourth-order valence-corrected chi connectivity index (χ4v) is 3.23. The van der Waals surface area contributed by atoms with Crippen molar-refractivity contribution in [2.45, 2.75) is 31.5 Å². The van der Waals surface area contributed by atoms with Crippen LogP contribution in [-0.2, 0) is 17.9 Å². The van der Waals surface area contributed by atoms with Crippen LogP contribution < -0.4 is 10.1 Å². The van der Waals surface area contributed by atoms with Crippen LogP contribution in [0.2, 0.25) is 0 Å². The molecule has 0 bridgehead atoms. The first-order valence-corrected chi connectivity index (χ1v) is 8.91. The molecule has 2 heterocycles. The van der Waals surface area contributed by atoms with E-state index < -0.39 is 11.4 Å². The summed E-state index contributed by atoms with van der Waals surface area (Å²) in [7, 11) is 1.51. The molecule has 27 heavy (non-hydrogen) atoms. The van der Waals surface area contributed by atoms with E-state index in [-0.39, 0.29) is 19.0 Å². The minimum atomic E-state index is -1.49. The van der Waals surface area contributed by atoms with Gasteiger partial charge in [0.15, 0.2) is 5.60 Å². The summed E-state index contributed by atoms with van der Waals surface area (Å²) in [6.07, 6.45) is 4.36. The average Bonchev–Trinajstić information content (AvgIpc) is 3.18. The summed E-state index contributed by atoms with van der Waals surface area (Å²) in [6.45, 7) is 1.85. The van der Waals surface area contributed by atoms with Gasteiger partial charge in [0, 0.05) is 37.9 Å². The van der Waals surface area contributed by atoms with Gasteiger partial charge in [0.1, 0.15) is 11.6 Å². The fourth-order valence-electron chi connectivity index (χ4n) is 3.23. The van der Waals surface area contributed by atoms with Crippen LogP contribution in [0.25, 0.3) is 0 Å². The number of carbonyl (C=O) groups excluding carboxylic acids is 1. The highest BCUT2D eigenvalue weighted by Gasteiger charge is 2.41. The van der Waals surface area contributed by atoms with Crippen LogP contribution in [0.4, 0.5) is 4.39 Å². The minimum Gasteiger partial charge on any atom is -0.497 e. The molecular formula is C18H24FN5O3. The molecule has 1 amide bonds. The summed E-state index contributed by atoms with van der Waals surface area (Å²) in [5.41, 5.74) is -1.12. The molecule has 1 saturated heterocycles. The van der Waals surface area contributed by atoms with E-state index >= 15 is 0 Å². The Morgan fingerprint density at radius 2 is 2.30 bits per heavy atom. The number of rotatable bonds is 8. The van der Waals surface area contributed by atoms with E-state index in [1.807, 2.05) is 0 Å². The number of benzene rings is 1. The molecular weight excluding hydrogens is 353 g/mol. The molecule has 0 saturated carbocycles. The van der Waals surface area contributed by atoms with Crippen LogP contribution in [0, 0.1) is 5.82 Å². The third kappa shape index (κ3) is 4.61. The average molecular weight is 377 g/mol. The Bertz CT molecular complexity index is 770. The van der Waals surface area contributed by atoms with Gasteiger partial charge in [-0.3, -0.25) is 9.48 Å². The predicted molar refractivity (Wildman–Crippen MR) is 95.4 cm³/mol. The monoisotopic (exact) mass is 377 g/mol. The smallest absolute Gasteiger partial charge is 0.256 e. The number of nitrogens with one attached hydrogen (secondary N) is 1. The lowest BCUT2D eigenvalue weighted by molar-refractivity contribution is -0.157. The zero-order valence-electron chi connectivity index (χ0n) is 15.3. The molecule has 8 nitrogen and oxygen atoms in total. The van der Waals surface area contributed by atoms with Gasteiger partial charge in [-0.15, -0.1) is 5.10 Å². The van der Waals surface area contributed by atoms with E-state index in [0.29, 0.717) is 43.8 Å². The highest BCUT2D eigenvalue weighted by molar-refractivity contribution is 5.86. The Morgan fingerprint density at radius 3 is 3.04 bits per heavy atom. The Balaban J connectivity index is 1.59. The normalized spacial score (nSPS) is 20.1. The Hall–Kier alpha value is -2.52. The number of piperidine rings is 1. The maximum Gasteiger partial charge on any atom is 0.256 e. The first-order chi connectivity index (χ1) is 13.0. The van der Waals surface area contributed by atoms with Gasteiger partial charge in [-0.2, -0.15) is 0 Å². The lowest BCUT2D eigenvalue weighted by Crippen LogP contribution is -2.57. The number of aliphatic hydroxyl groups is 1. The van der Waals surface area contributed by atoms with Gasteiger partial charge in [-0.05, 0) is 31.0 Å². The third-order valence-corrected chi connectivity index (χ3v) is 4.72. The number of methoxy groups -OCH3 is 1. The summed E-state index contributed by atoms with van der Waals surface area (Å²) in [5.74, 6) is -0.256. The highest BCUT2D eigenvalue weighted by Crippen LogP contribution is 2.25. The van der Waals surface area contributed by atoms with Gasteiger partial charge in [0.05, 0.1) is 19.9 Å². The molecule has 1 atom stereocenters. The molecule has 146 valence electrons. The molecule has 1 unspecified atom stereocenters. The van der Waals surface area contributed by atoms with Crippen molar-refractivity contribution >= 4 is 5.91 Å². The van der Waals surface area contributed by atoms with E-state index in [9.17, 15) is 14.3 Å². The second-order valence-electron chi connectivity index (χ2n) is 6.66. The second kappa shape index (κ2) is 8.45. The molecule has 1 aliphatic heterocycles. The van der Waals surface area contributed by atoms with Crippen molar-refractivity contribution in [3.63, 3.8) is 0 Å². The van der Waals surface area contributed by atoms with Gasteiger partial charge < -0.3 is 20.1 Å². The number of hydrogen-bond acceptors (Lipinski definition) is 6. The molecule has 2 N–H and O–H groups in total. The number of carbonyl (C=O) groups is 1. The number of aromatic nitrogens is 3. The van der Waals surface area contributed by atoms with Gasteiger partial charge in [-0.1, -0.05) is 5.21 Å². The first kappa shape index (κ1) is 19.2. The van der Waals surface area contributed by atoms with Crippen molar-refractivity contribution in [3.8, 4) is 5.75 Å². The summed E-state index contributed by atoms with van der Waals surface area (Å²) in [5, 5.41) is 21.5. The van der Waals surface area contributed by atoms with E-state index in [4.69, 9.17) is 4.74 Å². The molecule has 2 aromatic rings. The van der Waals surface area contributed by atoms with Crippen molar-refractivity contribution in [3.05, 3.63) is 42.0 Å². The van der Waals surface area contributed by atoms with Crippen LogP contribution in [0.15, 0.2) is 30.6 Å². The topological polar surface area (TPSA) is 92.5 Å². The van der Waals surface area contributed by atoms with Gasteiger partial charge in [0.2, 0.25) is 0 Å². The minimum absolute atomic E-state index is 0.100. The van der Waals surface area contributed by atoms with Crippen molar-refractivity contribution in [1.29, 1.82) is 0 Å². The highest BCUT2D eigenvalue weighted by atomic mass is 19.1. The lowest BCUT2D eigenvalue weighted by Gasteiger charge is -2.38. The van der Waals surface area contributed by atoms with Crippen molar-refractivity contribution in [2.75, 3.05) is 26.7 Å². The summed E-state index contributed by atoms with van der Waals surface area (Å²) < 4.78 is 20.9. The molecule has 1 aromatic heterocycles. The number of hydrogen-bond donors (Lipinski definition) is 2. The molecule has 9 heteroatoms. The maximum atomic E-state index is 14.1. The number of halogens is 1. The Labute approximate surface area is 156 Å². The van der Waals surface area contributed by atoms with Crippen LogP contribution >= 0.6 is 0 Å². The molecule has 0 radical (unpaired) electrons. The summed E-state index contributed by atoms with van der Waals surface area (Å²) in [6, 6.07) is 4.43. The number of likely N-dealkylation sites (tertiary alicyclic amines) is 1. The maximum absolute atomic E-state index is 14.1. The SMILES string of the molecule is COc1ccc(F)c(CN2CCCC(O)(CNCCn3ccnn3)C2=O)c1.